The predicted octanol–water partition coefficient (Wildman–Crippen LogP) is 23.8. The predicted molar refractivity (Wildman–Crippen MR) is 502 cm³/mol. The number of benzene rings is 12. The summed E-state index contributed by atoms with van der Waals surface area (Å²) in [5.74, 6) is 0. The molecule has 0 aromatic heterocycles. The molecule has 0 heterocycles. The van der Waals surface area contributed by atoms with Crippen molar-refractivity contribution in [1.29, 1.82) is 26.3 Å². The van der Waals surface area contributed by atoms with Crippen molar-refractivity contribution in [2.45, 2.75) is 202 Å². The van der Waals surface area contributed by atoms with Crippen LogP contribution in [0.5, 0.6) is 0 Å². The van der Waals surface area contributed by atoms with Gasteiger partial charge in [-0.05, 0) is 156 Å². The zero-order chi connectivity index (χ0) is 79.0. The van der Waals surface area contributed by atoms with Crippen LogP contribution in [-0.4, -0.2) is 16.1 Å². The summed E-state index contributed by atoms with van der Waals surface area (Å²) in [7, 11) is -4.79. The molecule has 0 atom stereocenters. The number of hydrogen-bond acceptors (Lipinski definition) is 5. The SMILES string of the molecule is C.C.C.C.C.C.CC(C)(C)c1cc(C#N)cc(C#N)c1.CC(C)(C)c1ccc(C#N)cc1.CC(C)(C)c1ccc([Si](c2ccccc2)(c2ccccc2)c2ccccc2)cc1.CC(C)(C)c1cccc(C#N)c1.CC(C)(C)c1cccc([Si](c2ccccc2)(c2ccccc2)c2ccccc2)c1.CC(C)(C)c1ccccc1C#N. The third-order valence-corrected chi connectivity index (χ3v) is 28.8. The van der Waals surface area contributed by atoms with Gasteiger partial charge in [0.2, 0.25) is 0 Å². The van der Waals surface area contributed by atoms with Crippen LogP contribution in [0.25, 0.3) is 0 Å². The lowest BCUT2D eigenvalue weighted by Crippen LogP contribution is -2.74. The Bertz CT molecular complexity index is 4810. The van der Waals surface area contributed by atoms with Crippen LogP contribution in [0.2, 0.25) is 0 Å². The number of hydrogen-bond donors (Lipinski definition) is 0. The summed E-state index contributed by atoms with van der Waals surface area (Å²) in [4.78, 5) is 0. The summed E-state index contributed by atoms with van der Waals surface area (Å²) < 4.78 is 0. The Kier molecular flexibility index (Phi) is 39.4. The van der Waals surface area contributed by atoms with E-state index >= 15 is 0 Å². The molecule has 592 valence electrons. The van der Waals surface area contributed by atoms with Crippen LogP contribution >= 0.6 is 0 Å². The van der Waals surface area contributed by atoms with Crippen molar-refractivity contribution in [3.05, 3.63) is 383 Å². The van der Waals surface area contributed by atoms with Crippen LogP contribution in [-0.2, 0) is 32.5 Å². The highest BCUT2D eigenvalue weighted by Gasteiger charge is 2.43. The first-order valence-electron chi connectivity index (χ1n) is 37.2. The molecule has 12 aromatic carbocycles. The van der Waals surface area contributed by atoms with E-state index in [1.165, 1.54) is 63.7 Å². The number of nitriles is 5. The van der Waals surface area contributed by atoms with Crippen molar-refractivity contribution < 1.29 is 0 Å². The molecular weight excluding hydrogens is 1410 g/mol. The summed E-state index contributed by atoms with van der Waals surface area (Å²) in [5, 5.41) is 55.0. The van der Waals surface area contributed by atoms with Crippen molar-refractivity contribution >= 4 is 57.6 Å². The fraction of sp³-hybridized carbons (Fsp3) is 0.280. The van der Waals surface area contributed by atoms with Crippen molar-refractivity contribution in [2.24, 2.45) is 0 Å². The van der Waals surface area contributed by atoms with Gasteiger partial charge in [-0.25, -0.2) is 0 Å². The minimum atomic E-state index is -2.41. The Balaban J connectivity index is 0.000000710. The van der Waals surface area contributed by atoms with Gasteiger partial charge in [-0.2, -0.15) is 26.3 Å². The van der Waals surface area contributed by atoms with E-state index in [4.69, 9.17) is 26.3 Å². The van der Waals surface area contributed by atoms with Gasteiger partial charge in [-0.15, -0.1) is 0 Å². The second-order valence-corrected chi connectivity index (χ2v) is 41.0. The van der Waals surface area contributed by atoms with Crippen molar-refractivity contribution in [3.8, 4) is 30.3 Å². The minimum Gasteiger partial charge on any atom is -0.192 e. The number of rotatable bonds is 8. The van der Waals surface area contributed by atoms with Gasteiger partial charge in [0.1, 0.15) is 0 Å². The summed E-state index contributed by atoms with van der Waals surface area (Å²) in [6.07, 6.45) is 0. The highest BCUT2D eigenvalue weighted by atomic mass is 28.3. The molecule has 0 aliphatic carbocycles. The van der Waals surface area contributed by atoms with Crippen molar-refractivity contribution in [1.82, 2.24) is 0 Å². The highest BCUT2D eigenvalue weighted by molar-refractivity contribution is 7.20. The first kappa shape index (κ1) is 101. The van der Waals surface area contributed by atoms with Gasteiger partial charge in [0.05, 0.1) is 58.2 Å². The third-order valence-electron chi connectivity index (χ3n) is 19.2. The minimum absolute atomic E-state index is 0. The standard InChI is InChI=1S/2C28H28Si.C12H12N2.3C11H13N.6CH4/c1-28(2,3)23-14-13-21-27(22-23)29(24-15-7-4-8-16-24,25-17-9-5-10-18-25)26-19-11-6-12-20-26;1-28(2,3)23-19-21-27(22-20-23)29(24-13-7-4-8-14-24,25-15-9-5-10-16-25)26-17-11-6-12-18-26;1-12(2,3)11-5-9(7-13)4-10(6-11)8-14;1-11(2,3)10-6-4-9(8-12)5-7-10;1-11(2,3)10-6-4-5-9(7-10)8-12;1-11(2,3)10-7-5-4-6-9(10)8-12;;;;;;/h2*4-22H,1-3H3;4-6H,1-3H3;3*4-7H,1-3H3;6*1H4. The maximum absolute atomic E-state index is 8.83. The lowest BCUT2D eigenvalue weighted by molar-refractivity contribution is 0.588. The smallest absolute Gasteiger partial charge is 0.179 e. The molecule has 0 radical (unpaired) electrons. The molecule has 0 saturated carbocycles. The Morgan fingerprint density at radius 2 is 0.439 bits per heavy atom. The molecule has 5 nitrogen and oxygen atoms in total. The molecule has 12 aromatic rings. The lowest BCUT2D eigenvalue weighted by Gasteiger charge is -2.35. The molecule has 0 fully saturated rings. The average molecular weight is 1540 g/mol. The van der Waals surface area contributed by atoms with E-state index < -0.39 is 16.1 Å². The van der Waals surface area contributed by atoms with E-state index in [-0.39, 0.29) is 77.0 Å². The Morgan fingerprint density at radius 1 is 0.184 bits per heavy atom. The molecule has 0 bridgehead atoms. The zero-order valence-corrected chi connectivity index (χ0v) is 68.8. The average Bonchev–Trinajstić information content (AvgIpc) is 0.740. The second-order valence-electron chi connectivity index (χ2n) is 33.4. The van der Waals surface area contributed by atoms with Gasteiger partial charge >= 0.3 is 0 Å². The fourth-order valence-corrected chi connectivity index (χ4v) is 22.6. The van der Waals surface area contributed by atoms with E-state index in [0.29, 0.717) is 11.1 Å². The zero-order valence-electron chi connectivity index (χ0n) is 66.8. The molecule has 12 rings (SSSR count). The molecule has 0 amide bonds. The molecule has 0 saturated heterocycles. The van der Waals surface area contributed by atoms with Gasteiger partial charge in [-0.1, -0.05) is 442 Å². The summed E-state index contributed by atoms with van der Waals surface area (Å²) in [5.41, 5.74) is 11.3. The van der Waals surface area contributed by atoms with Gasteiger partial charge in [-0.3, -0.25) is 0 Å². The maximum Gasteiger partial charge on any atom is 0.179 e. The summed E-state index contributed by atoms with van der Waals surface area (Å²) in [6, 6.07) is 124. The topological polar surface area (TPSA) is 119 Å². The van der Waals surface area contributed by atoms with E-state index in [2.05, 4.69) is 392 Å². The molecule has 0 spiro atoms. The van der Waals surface area contributed by atoms with E-state index in [1.54, 1.807) is 6.07 Å². The van der Waals surface area contributed by atoms with E-state index in [9.17, 15) is 0 Å². The molecule has 0 aliphatic rings. The maximum atomic E-state index is 8.83. The lowest BCUT2D eigenvalue weighted by atomic mass is 9.84. The van der Waals surface area contributed by atoms with E-state index in [1.807, 2.05) is 78.9 Å². The van der Waals surface area contributed by atoms with Crippen LogP contribution in [0, 0.1) is 56.7 Å². The molecule has 0 N–H and O–H groups in total. The van der Waals surface area contributed by atoms with Crippen LogP contribution in [0.15, 0.2) is 322 Å². The van der Waals surface area contributed by atoms with Gasteiger partial charge in [0.15, 0.2) is 16.1 Å². The Morgan fingerprint density at radius 3 is 0.728 bits per heavy atom. The van der Waals surface area contributed by atoms with Crippen LogP contribution in [0.3, 0.4) is 0 Å². The summed E-state index contributed by atoms with van der Waals surface area (Å²) >= 11 is 0. The van der Waals surface area contributed by atoms with E-state index in [0.717, 1.165) is 27.8 Å². The quantitative estimate of drug-likeness (QED) is 0.111. The van der Waals surface area contributed by atoms with Gasteiger partial charge in [0, 0.05) is 0 Å². The number of nitrogens with zero attached hydrogens (tertiary/aromatic N) is 5. The molecule has 0 aliphatic heterocycles. The monoisotopic (exact) mass is 1540 g/mol. The summed E-state index contributed by atoms with van der Waals surface area (Å²) in [6.45, 7) is 39.1. The van der Waals surface area contributed by atoms with Crippen molar-refractivity contribution in [2.75, 3.05) is 0 Å². The normalized spacial score (nSPS) is 10.8. The van der Waals surface area contributed by atoms with Crippen molar-refractivity contribution in [3.63, 3.8) is 0 Å². The highest BCUT2D eigenvalue weighted by Crippen LogP contribution is 2.29. The molecule has 7 heteroatoms. The van der Waals surface area contributed by atoms with Gasteiger partial charge < -0.3 is 0 Å². The molecular formula is C107H131N5Si2. The van der Waals surface area contributed by atoms with Crippen LogP contribution in [0.1, 0.15) is 230 Å². The first-order chi connectivity index (χ1) is 51.1. The molecule has 114 heavy (non-hydrogen) atoms. The third kappa shape index (κ3) is 26.6. The Labute approximate surface area is 694 Å². The van der Waals surface area contributed by atoms with Crippen LogP contribution in [0.4, 0.5) is 0 Å². The Hall–Kier alpha value is -11.5. The largest absolute Gasteiger partial charge is 0.192 e. The first-order valence-corrected chi connectivity index (χ1v) is 41.2. The molecule has 0 unspecified atom stereocenters. The fourth-order valence-electron chi connectivity index (χ4n) is 13.1. The second kappa shape index (κ2) is 44.7. The van der Waals surface area contributed by atoms with Gasteiger partial charge in [0.25, 0.3) is 0 Å². The van der Waals surface area contributed by atoms with Crippen LogP contribution < -0.4 is 41.5 Å².